The molecule has 2 aliphatic heterocycles. The highest BCUT2D eigenvalue weighted by Gasteiger charge is 2.28. The number of nitrogens with one attached hydrogen (secondary N) is 1. The molecule has 192 valence electrons. The number of benzene rings is 3. The second-order valence-corrected chi connectivity index (χ2v) is 9.02. The van der Waals surface area contributed by atoms with Crippen molar-refractivity contribution in [3.8, 4) is 11.8 Å². The molecule has 5 rings (SSSR count). The van der Waals surface area contributed by atoms with E-state index in [1.807, 2.05) is 58.2 Å². The van der Waals surface area contributed by atoms with Gasteiger partial charge in [0, 0.05) is 34.3 Å². The van der Waals surface area contributed by atoms with Gasteiger partial charge in [-0.05, 0) is 73.5 Å². The van der Waals surface area contributed by atoms with Crippen LogP contribution in [0.5, 0.6) is 5.75 Å². The van der Waals surface area contributed by atoms with E-state index in [4.69, 9.17) is 10.00 Å². The molecule has 3 aromatic rings. The average Bonchev–Trinajstić information content (AvgIpc) is 2.89. The molecule has 6 heteroatoms. The van der Waals surface area contributed by atoms with Crippen LogP contribution in [0.25, 0.3) is 5.57 Å². The zero-order valence-corrected chi connectivity index (χ0v) is 22.1. The van der Waals surface area contributed by atoms with Crippen LogP contribution in [-0.2, 0) is 0 Å². The highest BCUT2D eigenvalue weighted by molar-refractivity contribution is 5.94. The lowest BCUT2D eigenvalue weighted by atomic mass is 9.92. The van der Waals surface area contributed by atoms with E-state index in [1.165, 1.54) is 0 Å². The van der Waals surface area contributed by atoms with Crippen molar-refractivity contribution in [1.29, 1.82) is 5.26 Å². The number of hydrogen-bond donors (Lipinski definition) is 2. The molecule has 1 unspecified atom stereocenters. The van der Waals surface area contributed by atoms with E-state index in [0.717, 1.165) is 45.0 Å². The van der Waals surface area contributed by atoms with Gasteiger partial charge in [-0.25, -0.2) is 4.79 Å². The fourth-order valence-electron chi connectivity index (χ4n) is 4.50. The number of hydrogen-bond acceptors (Lipinski definition) is 5. The minimum absolute atomic E-state index is 0.211. The zero-order chi connectivity index (χ0) is 27.4. The van der Waals surface area contributed by atoms with Gasteiger partial charge in [-0.3, -0.25) is 0 Å². The summed E-state index contributed by atoms with van der Waals surface area (Å²) in [7, 11) is 0. The van der Waals surface area contributed by atoms with Gasteiger partial charge in [0.15, 0.2) is 0 Å². The molecule has 38 heavy (non-hydrogen) atoms. The number of aromatic carboxylic acids is 1. The minimum Gasteiger partial charge on any atom is -0.478 e. The van der Waals surface area contributed by atoms with Gasteiger partial charge < -0.3 is 20.1 Å². The second kappa shape index (κ2) is 11.1. The van der Waals surface area contributed by atoms with Crippen LogP contribution in [0.4, 0.5) is 11.4 Å². The molecular weight excluding hydrogens is 474 g/mol. The molecule has 2 heterocycles. The maximum absolute atomic E-state index is 11.7. The fraction of sp³-hybridized carbons (Fsp3) is 0.188. The first-order valence-electron chi connectivity index (χ1n) is 12.6. The Morgan fingerprint density at radius 1 is 1.16 bits per heavy atom. The highest BCUT2D eigenvalue weighted by Crippen LogP contribution is 2.43. The molecule has 0 spiro atoms. The lowest BCUT2D eigenvalue weighted by molar-refractivity contribution is 0.0698. The first-order valence-corrected chi connectivity index (χ1v) is 12.6. The van der Waals surface area contributed by atoms with Crippen molar-refractivity contribution in [3.63, 3.8) is 0 Å². The number of para-hydroxylation sites is 1. The maximum atomic E-state index is 11.7. The van der Waals surface area contributed by atoms with E-state index in [9.17, 15) is 9.90 Å². The van der Waals surface area contributed by atoms with Crippen molar-refractivity contribution in [2.75, 3.05) is 16.8 Å². The van der Waals surface area contributed by atoms with Gasteiger partial charge in [-0.1, -0.05) is 38.6 Å². The molecule has 2 aliphatic rings. The van der Waals surface area contributed by atoms with Crippen LogP contribution in [-0.4, -0.2) is 17.6 Å². The number of fused-ring (bicyclic) bond motifs is 1. The summed E-state index contributed by atoms with van der Waals surface area (Å²) in [6, 6.07) is 20.4. The quantitative estimate of drug-likeness (QED) is 0.362. The molecule has 3 aromatic carbocycles. The highest BCUT2D eigenvalue weighted by atomic mass is 16.5. The van der Waals surface area contributed by atoms with E-state index in [-0.39, 0.29) is 11.6 Å². The van der Waals surface area contributed by atoms with Gasteiger partial charge in [-0.15, -0.1) is 0 Å². The molecule has 0 amide bonds. The topological polar surface area (TPSA) is 85.6 Å². The maximum Gasteiger partial charge on any atom is 0.337 e. The Balaban J connectivity index is 0.00000164. The Bertz CT molecular complexity index is 1490. The molecule has 0 aromatic heterocycles. The zero-order valence-electron chi connectivity index (χ0n) is 22.1. The third-order valence-electron chi connectivity index (χ3n) is 6.42. The third-order valence-corrected chi connectivity index (χ3v) is 6.42. The van der Waals surface area contributed by atoms with Crippen molar-refractivity contribution < 1.29 is 14.6 Å². The van der Waals surface area contributed by atoms with Crippen molar-refractivity contribution in [1.82, 2.24) is 0 Å². The molecule has 0 saturated heterocycles. The fourth-order valence-corrected chi connectivity index (χ4v) is 4.50. The molecule has 2 N–H and O–H groups in total. The summed E-state index contributed by atoms with van der Waals surface area (Å²) in [6.45, 7) is 13.0. The van der Waals surface area contributed by atoms with E-state index < -0.39 is 5.97 Å². The summed E-state index contributed by atoms with van der Waals surface area (Å²) in [5, 5.41) is 21.9. The standard InChI is InChI=1S/C30H25N3O3.C2H6/c1-18-12-25-19(2)14-28(22-16-33(17-22)23-10-8-21(15-31)9-11-23)36-29(25)26(13-18)20(3)32-27-7-5-4-6-24(27)30(34)35;1-2/h4-14,16,20,32H,2,17H2,1,3H3,(H,34,35);1-2H3. The SMILES string of the molecule is C=C1C=C(C2=CN(c3ccc(C#N)cc3)C2)Oc2c1cc(C)cc2C(C)Nc1ccccc1C(=O)O.CC. The van der Waals surface area contributed by atoms with Gasteiger partial charge in [0.05, 0.1) is 29.8 Å². The van der Waals surface area contributed by atoms with Crippen molar-refractivity contribution in [2.45, 2.75) is 33.7 Å². The number of carbonyl (C=O) groups is 1. The van der Waals surface area contributed by atoms with E-state index in [0.29, 0.717) is 17.8 Å². The summed E-state index contributed by atoms with van der Waals surface area (Å²) in [4.78, 5) is 13.8. The number of ether oxygens (including phenoxy) is 1. The van der Waals surface area contributed by atoms with Crippen LogP contribution in [0.3, 0.4) is 0 Å². The number of aryl methyl sites for hydroxylation is 1. The molecule has 0 aliphatic carbocycles. The predicted molar refractivity (Wildman–Crippen MR) is 152 cm³/mol. The Hall–Kier alpha value is -4.76. The monoisotopic (exact) mass is 505 g/mol. The molecular formula is C32H31N3O3. The van der Waals surface area contributed by atoms with Gasteiger partial charge in [0.1, 0.15) is 11.5 Å². The second-order valence-electron chi connectivity index (χ2n) is 9.02. The number of carboxylic acids is 1. The summed E-state index contributed by atoms with van der Waals surface area (Å²) >= 11 is 0. The molecule has 0 bridgehead atoms. The molecule has 6 nitrogen and oxygen atoms in total. The van der Waals surface area contributed by atoms with Crippen molar-refractivity contribution in [2.24, 2.45) is 0 Å². The Kier molecular flexibility index (Phi) is 7.68. The molecule has 0 saturated carbocycles. The third kappa shape index (κ3) is 5.18. The number of allylic oxidation sites excluding steroid dienone is 2. The minimum atomic E-state index is -0.977. The Morgan fingerprint density at radius 3 is 2.50 bits per heavy atom. The molecule has 1 atom stereocenters. The lowest BCUT2D eigenvalue weighted by Crippen LogP contribution is -2.32. The first-order chi connectivity index (χ1) is 18.3. The van der Waals surface area contributed by atoms with E-state index in [2.05, 4.69) is 35.0 Å². The smallest absolute Gasteiger partial charge is 0.337 e. The molecule has 0 fully saturated rings. The van der Waals surface area contributed by atoms with Crippen molar-refractivity contribution >= 4 is 22.9 Å². The average molecular weight is 506 g/mol. The van der Waals surface area contributed by atoms with Gasteiger partial charge >= 0.3 is 5.97 Å². The van der Waals surface area contributed by atoms with Gasteiger partial charge in [-0.2, -0.15) is 5.26 Å². The number of rotatable bonds is 6. The summed E-state index contributed by atoms with van der Waals surface area (Å²) in [5.74, 6) is 0.504. The Labute approximate surface area is 223 Å². The van der Waals surface area contributed by atoms with Gasteiger partial charge in [0.25, 0.3) is 0 Å². The van der Waals surface area contributed by atoms with Crippen LogP contribution in [0, 0.1) is 18.3 Å². The number of carboxylic acid groups (broad SMARTS) is 1. The van der Waals surface area contributed by atoms with Crippen LogP contribution < -0.4 is 15.0 Å². The van der Waals surface area contributed by atoms with Crippen LogP contribution >= 0.6 is 0 Å². The Morgan fingerprint density at radius 2 is 1.84 bits per heavy atom. The van der Waals surface area contributed by atoms with Crippen LogP contribution in [0.15, 0.2) is 90.9 Å². The first kappa shape index (κ1) is 26.3. The molecule has 0 radical (unpaired) electrons. The van der Waals surface area contributed by atoms with E-state index in [1.54, 1.807) is 30.3 Å². The predicted octanol–water partition coefficient (Wildman–Crippen LogP) is 7.46. The summed E-state index contributed by atoms with van der Waals surface area (Å²) < 4.78 is 6.46. The van der Waals surface area contributed by atoms with E-state index >= 15 is 0 Å². The number of nitrogens with zero attached hydrogens (tertiary/aromatic N) is 2. The van der Waals surface area contributed by atoms with Crippen LogP contribution in [0.1, 0.15) is 59.4 Å². The summed E-state index contributed by atoms with van der Waals surface area (Å²) in [5.41, 5.74) is 7.27. The van der Waals surface area contributed by atoms with Crippen LogP contribution in [0.2, 0.25) is 0 Å². The normalized spacial score (nSPS) is 14.3. The van der Waals surface area contributed by atoms with Crippen molar-refractivity contribution in [3.05, 3.63) is 119 Å². The largest absolute Gasteiger partial charge is 0.478 e. The lowest BCUT2D eigenvalue weighted by Gasteiger charge is -2.34. The van der Waals surface area contributed by atoms with Gasteiger partial charge in [0.2, 0.25) is 0 Å². The number of anilines is 2. The number of nitriles is 1. The summed E-state index contributed by atoms with van der Waals surface area (Å²) in [6.07, 6.45) is 4.00.